The molecule has 0 atom stereocenters. The monoisotopic (exact) mass is 384 g/mol. The second kappa shape index (κ2) is 11.1. The van der Waals surface area contributed by atoms with Crippen LogP contribution in [0.5, 0.6) is 11.5 Å². The number of para-hydroxylation sites is 2. The van der Waals surface area contributed by atoms with E-state index in [-0.39, 0.29) is 24.3 Å². The number of carbonyl (C=O) groups is 2. The van der Waals surface area contributed by atoms with Crippen molar-refractivity contribution >= 4 is 24.4 Å². The van der Waals surface area contributed by atoms with Crippen molar-refractivity contribution in [1.82, 2.24) is 0 Å². The Morgan fingerprint density at radius 2 is 1.14 bits per heavy atom. The Balaban J connectivity index is 1.60. The van der Waals surface area contributed by atoms with E-state index in [1.54, 1.807) is 36.4 Å². The number of unbranched alkanes of at least 4 members (excludes halogenated alkanes) is 1. The smallest absolute Gasteiger partial charge is 0.335 e. The van der Waals surface area contributed by atoms with Crippen molar-refractivity contribution in [2.24, 2.45) is 10.3 Å². The van der Waals surface area contributed by atoms with E-state index in [1.165, 1.54) is 24.6 Å². The fourth-order valence-electron chi connectivity index (χ4n) is 2.11. The molecule has 8 nitrogen and oxygen atoms in total. The second-order valence-corrected chi connectivity index (χ2v) is 5.72. The Hall–Kier alpha value is -3.68. The summed E-state index contributed by atoms with van der Waals surface area (Å²) < 4.78 is 0. The zero-order valence-corrected chi connectivity index (χ0v) is 15.0. The molecule has 0 aliphatic heterocycles. The van der Waals surface area contributed by atoms with Crippen LogP contribution < -0.4 is 0 Å². The number of benzene rings is 2. The molecule has 0 radical (unpaired) electrons. The number of phenols is 2. The van der Waals surface area contributed by atoms with Crippen LogP contribution in [0.4, 0.5) is 0 Å². The van der Waals surface area contributed by atoms with Crippen LogP contribution in [0.2, 0.25) is 0 Å². The minimum atomic E-state index is -0.544. The van der Waals surface area contributed by atoms with Crippen LogP contribution in [0, 0.1) is 0 Å². The number of aromatic hydroxyl groups is 2. The van der Waals surface area contributed by atoms with E-state index in [1.807, 2.05) is 0 Å². The standard InChI is InChI=1S/C20H20N2O6/c23-17-9-3-1-7-15(17)13-21-27-19(25)11-5-6-12-20(26)28-22-14-16-8-2-4-10-18(16)24/h1-4,7-10,13-14,23-24H,5-6,11-12H2/b21-13+,22-14+. The SMILES string of the molecule is O=C(CCCCC(=O)O/N=C/c1ccccc1O)O/N=C/c1ccccc1O. The summed E-state index contributed by atoms with van der Waals surface area (Å²) in [6.45, 7) is 0. The summed E-state index contributed by atoms with van der Waals surface area (Å²) in [5.74, 6) is -1.02. The third kappa shape index (κ3) is 7.28. The first-order valence-corrected chi connectivity index (χ1v) is 8.58. The van der Waals surface area contributed by atoms with Gasteiger partial charge in [0, 0.05) is 24.0 Å². The second-order valence-electron chi connectivity index (χ2n) is 5.72. The number of hydrogen-bond acceptors (Lipinski definition) is 8. The van der Waals surface area contributed by atoms with Gasteiger partial charge in [-0.05, 0) is 37.1 Å². The summed E-state index contributed by atoms with van der Waals surface area (Å²) in [5.41, 5.74) is 0.866. The van der Waals surface area contributed by atoms with E-state index >= 15 is 0 Å². The van der Waals surface area contributed by atoms with Crippen LogP contribution in [-0.2, 0) is 19.3 Å². The Bertz CT molecular complexity index is 792. The molecule has 0 bridgehead atoms. The van der Waals surface area contributed by atoms with E-state index in [4.69, 9.17) is 0 Å². The lowest BCUT2D eigenvalue weighted by molar-refractivity contribution is -0.145. The predicted molar refractivity (Wildman–Crippen MR) is 102 cm³/mol. The summed E-state index contributed by atoms with van der Waals surface area (Å²) in [7, 11) is 0. The fourth-order valence-corrected chi connectivity index (χ4v) is 2.11. The highest BCUT2D eigenvalue weighted by molar-refractivity contribution is 5.84. The predicted octanol–water partition coefficient (Wildman–Crippen LogP) is 3.11. The molecule has 28 heavy (non-hydrogen) atoms. The van der Waals surface area contributed by atoms with Gasteiger partial charge >= 0.3 is 11.9 Å². The van der Waals surface area contributed by atoms with Crippen LogP contribution in [0.15, 0.2) is 58.8 Å². The Morgan fingerprint density at radius 3 is 1.54 bits per heavy atom. The normalized spacial score (nSPS) is 11.0. The third-order valence-electron chi connectivity index (χ3n) is 3.58. The number of oxime groups is 2. The van der Waals surface area contributed by atoms with Gasteiger partial charge in [0.1, 0.15) is 11.5 Å². The van der Waals surface area contributed by atoms with Crippen molar-refractivity contribution < 1.29 is 29.5 Å². The van der Waals surface area contributed by atoms with Gasteiger partial charge in [-0.15, -0.1) is 0 Å². The van der Waals surface area contributed by atoms with Crippen LogP contribution in [0.3, 0.4) is 0 Å². The number of hydrogen-bond donors (Lipinski definition) is 2. The van der Waals surface area contributed by atoms with Crippen LogP contribution in [0.1, 0.15) is 36.8 Å². The summed E-state index contributed by atoms with van der Waals surface area (Å²) in [6, 6.07) is 13.0. The minimum absolute atomic E-state index is 0.0333. The molecule has 8 heteroatoms. The molecule has 2 N–H and O–H groups in total. The van der Waals surface area contributed by atoms with Gasteiger partial charge < -0.3 is 19.9 Å². The largest absolute Gasteiger partial charge is 0.507 e. The van der Waals surface area contributed by atoms with Gasteiger partial charge in [-0.2, -0.15) is 0 Å². The quantitative estimate of drug-likeness (QED) is 0.297. The number of rotatable bonds is 9. The van der Waals surface area contributed by atoms with Gasteiger partial charge in [-0.3, -0.25) is 0 Å². The molecule has 0 heterocycles. The highest BCUT2D eigenvalue weighted by Gasteiger charge is 2.06. The van der Waals surface area contributed by atoms with Crippen LogP contribution in [-0.4, -0.2) is 34.6 Å². The zero-order valence-electron chi connectivity index (χ0n) is 15.0. The van der Waals surface area contributed by atoms with E-state index in [2.05, 4.69) is 20.0 Å². The van der Waals surface area contributed by atoms with Gasteiger partial charge in [-0.1, -0.05) is 34.6 Å². The molecule has 0 aliphatic carbocycles. The average Bonchev–Trinajstić information content (AvgIpc) is 2.68. The Morgan fingerprint density at radius 1 is 0.750 bits per heavy atom. The molecule has 0 saturated carbocycles. The van der Waals surface area contributed by atoms with Crippen molar-refractivity contribution in [2.45, 2.75) is 25.7 Å². The minimum Gasteiger partial charge on any atom is -0.507 e. The van der Waals surface area contributed by atoms with Gasteiger partial charge in [-0.25, -0.2) is 9.59 Å². The Kier molecular flexibility index (Phi) is 8.19. The molecule has 0 unspecified atom stereocenters. The molecule has 2 rings (SSSR count). The molecule has 0 saturated heterocycles. The molecule has 0 aromatic heterocycles. The molecule has 0 amide bonds. The Labute approximate surface area is 161 Å². The highest BCUT2D eigenvalue weighted by atomic mass is 16.7. The van der Waals surface area contributed by atoms with E-state index < -0.39 is 11.9 Å². The van der Waals surface area contributed by atoms with Crippen molar-refractivity contribution in [3.63, 3.8) is 0 Å². The van der Waals surface area contributed by atoms with Crippen LogP contribution in [0.25, 0.3) is 0 Å². The number of carbonyl (C=O) groups excluding carboxylic acids is 2. The van der Waals surface area contributed by atoms with Gasteiger partial charge in [0.15, 0.2) is 0 Å². The lowest BCUT2D eigenvalue weighted by Crippen LogP contribution is -2.03. The maximum atomic E-state index is 11.6. The van der Waals surface area contributed by atoms with E-state index in [0.29, 0.717) is 24.0 Å². The molecular weight excluding hydrogens is 364 g/mol. The third-order valence-corrected chi connectivity index (χ3v) is 3.58. The van der Waals surface area contributed by atoms with E-state index in [0.717, 1.165) is 0 Å². The molecule has 0 aliphatic rings. The zero-order chi connectivity index (χ0) is 20.2. The first-order chi connectivity index (χ1) is 13.6. The van der Waals surface area contributed by atoms with Crippen LogP contribution >= 0.6 is 0 Å². The summed E-state index contributed by atoms with van der Waals surface area (Å²) >= 11 is 0. The van der Waals surface area contributed by atoms with Gasteiger partial charge in [0.2, 0.25) is 0 Å². The summed E-state index contributed by atoms with van der Waals surface area (Å²) in [4.78, 5) is 32.5. The maximum absolute atomic E-state index is 11.6. The summed E-state index contributed by atoms with van der Waals surface area (Å²) in [6.07, 6.45) is 3.51. The van der Waals surface area contributed by atoms with Crippen molar-refractivity contribution in [2.75, 3.05) is 0 Å². The van der Waals surface area contributed by atoms with E-state index in [9.17, 15) is 19.8 Å². The number of phenolic OH excluding ortho intramolecular Hbond substituents is 2. The average molecular weight is 384 g/mol. The molecule has 2 aromatic carbocycles. The van der Waals surface area contributed by atoms with Gasteiger partial charge in [0.25, 0.3) is 0 Å². The lowest BCUT2D eigenvalue weighted by atomic mass is 10.2. The molecule has 146 valence electrons. The fraction of sp³-hybridized carbons (Fsp3) is 0.200. The van der Waals surface area contributed by atoms with Gasteiger partial charge in [0.05, 0.1) is 12.4 Å². The topological polar surface area (TPSA) is 118 Å². The summed E-state index contributed by atoms with van der Waals surface area (Å²) in [5, 5.41) is 26.1. The first kappa shape index (κ1) is 20.6. The van der Waals surface area contributed by atoms with Crippen molar-refractivity contribution in [1.29, 1.82) is 0 Å². The molecule has 0 spiro atoms. The first-order valence-electron chi connectivity index (χ1n) is 8.58. The number of nitrogens with zero attached hydrogens (tertiary/aromatic N) is 2. The molecular formula is C20H20N2O6. The lowest BCUT2D eigenvalue weighted by Gasteiger charge is -2.00. The molecule has 2 aromatic rings. The van der Waals surface area contributed by atoms with Crippen molar-refractivity contribution in [3.8, 4) is 11.5 Å². The molecule has 0 fully saturated rings. The maximum Gasteiger partial charge on any atom is 0.335 e. The van der Waals surface area contributed by atoms with Crippen molar-refractivity contribution in [3.05, 3.63) is 59.7 Å². The highest BCUT2D eigenvalue weighted by Crippen LogP contribution is 2.13.